The van der Waals surface area contributed by atoms with Gasteiger partial charge in [0.1, 0.15) is 28.5 Å². The largest absolute Gasteiger partial charge is 0.493 e. The number of para-hydroxylation sites is 1. The van der Waals surface area contributed by atoms with E-state index < -0.39 is 11.9 Å². The van der Waals surface area contributed by atoms with Gasteiger partial charge in [0.25, 0.3) is 0 Å². The Balaban J connectivity index is 2.19. The second kappa shape index (κ2) is 11.3. The third-order valence-electron chi connectivity index (χ3n) is 5.20. The van der Waals surface area contributed by atoms with E-state index in [0.717, 1.165) is 5.69 Å². The van der Waals surface area contributed by atoms with Gasteiger partial charge in [-0.05, 0) is 32.0 Å². The van der Waals surface area contributed by atoms with E-state index in [1.807, 2.05) is 6.92 Å². The first-order valence-electron chi connectivity index (χ1n) is 10.6. The average molecular weight is 493 g/mol. The van der Waals surface area contributed by atoms with Crippen molar-refractivity contribution in [2.45, 2.75) is 24.8 Å². The van der Waals surface area contributed by atoms with Crippen LogP contribution in [0.5, 0.6) is 11.5 Å². The number of hydrogen-bond acceptors (Lipinski definition) is 10. The molecule has 2 heterocycles. The molecular weight excluding hydrogens is 468 g/mol. The van der Waals surface area contributed by atoms with Crippen molar-refractivity contribution in [2.75, 3.05) is 26.6 Å². The zero-order valence-corrected chi connectivity index (χ0v) is 20.6. The molecule has 0 aliphatic carbocycles. The number of methoxy groups -OCH3 is 2. The molecule has 0 fully saturated rings. The van der Waals surface area contributed by atoms with E-state index in [2.05, 4.69) is 17.1 Å². The maximum Gasteiger partial charge on any atom is 0.338 e. The number of nitrogens with zero attached hydrogens (tertiary/aromatic N) is 3. The number of rotatable bonds is 8. The number of aromatic nitrogens is 1. The van der Waals surface area contributed by atoms with Crippen LogP contribution >= 0.6 is 11.8 Å². The number of hydrogen-bond donors (Lipinski definition) is 1. The summed E-state index contributed by atoms with van der Waals surface area (Å²) in [5, 5.41) is 19.9. The maximum absolute atomic E-state index is 13.2. The van der Waals surface area contributed by atoms with Crippen LogP contribution < -0.4 is 15.2 Å². The lowest BCUT2D eigenvalue weighted by atomic mass is 9.82. The summed E-state index contributed by atoms with van der Waals surface area (Å²) in [7, 11) is 2.96. The van der Waals surface area contributed by atoms with Gasteiger partial charge in [-0.25, -0.2) is 9.78 Å². The first-order chi connectivity index (χ1) is 16.9. The molecule has 2 N–H and O–H groups in total. The van der Waals surface area contributed by atoms with E-state index in [9.17, 15) is 15.3 Å². The van der Waals surface area contributed by atoms with Gasteiger partial charge >= 0.3 is 5.97 Å². The number of nitriles is 2. The van der Waals surface area contributed by atoms with Crippen LogP contribution in [0.1, 0.15) is 29.7 Å². The Kier molecular flexibility index (Phi) is 8.24. The number of pyridine rings is 1. The Morgan fingerprint density at radius 1 is 1.20 bits per heavy atom. The van der Waals surface area contributed by atoms with E-state index in [4.69, 9.17) is 24.7 Å². The molecule has 1 aromatic heterocycles. The molecule has 0 unspecified atom stereocenters. The highest BCUT2D eigenvalue weighted by Gasteiger charge is 2.39. The molecule has 2 aromatic rings. The van der Waals surface area contributed by atoms with Crippen LogP contribution in [0.25, 0.3) is 0 Å². The summed E-state index contributed by atoms with van der Waals surface area (Å²) in [6, 6.07) is 12.8. The first kappa shape index (κ1) is 25.5. The number of allylic oxidation sites excluding steroid dienone is 1. The van der Waals surface area contributed by atoms with E-state index in [-0.39, 0.29) is 35.1 Å². The first-order valence-corrected chi connectivity index (χ1v) is 11.6. The second-order valence-corrected chi connectivity index (χ2v) is 8.23. The van der Waals surface area contributed by atoms with Crippen molar-refractivity contribution < 1.29 is 23.7 Å². The maximum atomic E-state index is 13.2. The number of ether oxygens (including phenoxy) is 4. The lowest BCUT2D eigenvalue weighted by Crippen LogP contribution is -2.27. The normalized spacial score (nSPS) is 15.1. The fourth-order valence-corrected chi connectivity index (χ4v) is 4.63. The van der Waals surface area contributed by atoms with Crippen molar-refractivity contribution in [3.8, 4) is 23.6 Å². The van der Waals surface area contributed by atoms with Gasteiger partial charge in [-0.3, -0.25) is 0 Å². The minimum atomic E-state index is -0.922. The second-order valence-electron chi connectivity index (χ2n) is 7.27. The fourth-order valence-electron chi connectivity index (χ4n) is 3.67. The molecule has 1 aliphatic heterocycles. The van der Waals surface area contributed by atoms with Gasteiger partial charge in [0.15, 0.2) is 11.5 Å². The van der Waals surface area contributed by atoms with Crippen molar-refractivity contribution in [1.82, 2.24) is 4.98 Å². The third kappa shape index (κ3) is 5.18. The van der Waals surface area contributed by atoms with Crippen LogP contribution in [-0.2, 0) is 14.3 Å². The number of esters is 1. The molecule has 180 valence electrons. The SMILES string of the molecule is CCOC(=O)C1=C(CSc2nc(C)ccc2C#N)OC(N)=C(C#N)[C@@H]1c1cccc(OC)c1OC. The molecule has 1 atom stereocenters. The average Bonchev–Trinajstić information content (AvgIpc) is 2.86. The number of thioether (sulfide) groups is 1. The predicted octanol–water partition coefficient (Wildman–Crippen LogP) is 3.70. The predicted molar refractivity (Wildman–Crippen MR) is 128 cm³/mol. The molecule has 10 heteroatoms. The Morgan fingerprint density at radius 3 is 2.60 bits per heavy atom. The number of nitrogens with two attached hydrogens (primary N) is 1. The Hall–Kier alpha value is -4.15. The van der Waals surface area contributed by atoms with Crippen molar-refractivity contribution in [2.24, 2.45) is 5.73 Å². The third-order valence-corrected chi connectivity index (χ3v) is 6.19. The van der Waals surface area contributed by atoms with Gasteiger partial charge in [-0.15, -0.1) is 0 Å². The Bertz CT molecular complexity index is 1290. The van der Waals surface area contributed by atoms with Crippen molar-refractivity contribution in [3.05, 3.63) is 69.9 Å². The lowest BCUT2D eigenvalue weighted by molar-refractivity contribution is -0.139. The van der Waals surface area contributed by atoms with Crippen LogP contribution in [0, 0.1) is 29.6 Å². The van der Waals surface area contributed by atoms with Crippen molar-refractivity contribution in [1.29, 1.82) is 10.5 Å². The molecule has 0 saturated carbocycles. The highest BCUT2D eigenvalue weighted by Crippen LogP contribution is 2.46. The number of carbonyl (C=O) groups is 1. The highest BCUT2D eigenvalue weighted by atomic mass is 32.2. The monoisotopic (exact) mass is 492 g/mol. The van der Waals surface area contributed by atoms with Crippen LogP contribution in [0.4, 0.5) is 0 Å². The van der Waals surface area contributed by atoms with E-state index in [0.29, 0.717) is 27.7 Å². The molecule has 0 spiro atoms. The molecule has 0 bridgehead atoms. The van der Waals surface area contributed by atoms with Gasteiger partial charge in [-0.2, -0.15) is 10.5 Å². The molecule has 0 saturated heterocycles. The fraction of sp³-hybridized carbons (Fsp3) is 0.280. The lowest BCUT2D eigenvalue weighted by Gasteiger charge is -2.29. The van der Waals surface area contributed by atoms with Gasteiger partial charge in [0, 0.05) is 11.3 Å². The van der Waals surface area contributed by atoms with Gasteiger partial charge in [0.05, 0.1) is 43.6 Å². The van der Waals surface area contributed by atoms with Crippen LogP contribution in [-0.4, -0.2) is 37.5 Å². The van der Waals surface area contributed by atoms with Gasteiger partial charge < -0.3 is 24.7 Å². The minimum Gasteiger partial charge on any atom is -0.493 e. The van der Waals surface area contributed by atoms with Crippen LogP contribution in [0.3, 0.4) is 0 Å². The summed E-state index contributed by atoms with van der Waals surface area (Å²) in [6.07, 6.45) is 0. The molecule has 35 heavy (non-hydrogen) atoms. The minimum absolute atomic E-state index is 0.0414. The number of benzene rings is 1. The van der Waals surface area contributed by atoms with Crippen molar-refractivity contribution >= 4 is 17.7 Å². The summed E-state index contributed by atoms with van der Waals surface area (Å²) in [6.45, 7) is 3.61. The van der Waals surface area contributed by atoms with E-state index in [1.54, 1.807) is 37.3 Å². The highest BCUT2D eigenvalue weighted by molar-refractivity contribution is 7.99. The Labute approximate surface area is 207 Å². The van der Waals surface area contributed by atoms with Crippen molar-refractivity contribution in [3.63, 3.8) is 0 Å². The summed E-state index contributed by atoms with van der Waals surface area (Å²) in [4.78, 5) is 17.6. The van der Waals surface area contributed by atoms with Crippen LogP contribution in [0.15, 0.2) is 58.1 Å². The molecule has 9 nitrogen and oxygen atoms in total. The molecule has 1 aliphatic rings. The molecule has 0 radical (unpaired) electrons. The molecule has 1 aromatic carbocycles. The smallest absolute Gasteiger partial charge is 0.338 e. The molecule has 3 rings (SSSR count). The van der Waals surface area contributed by atoms with Gasteiger partial charge in [0.2, 0.25) is 5.88 Å². The van der Waals surface area contributed by atoms with E-state index >= 15 is 0 Å². The topological polar surface area (TPSA) is 140 Å². The van der Waals surface area contributed by atoms with E-state index in [1.165, 1.54) is 26.0 Å². The van der Waals surface area contributed by atoms with Gasteiger partial charge in [-0.1, -0.05) is 23.9 Å². The number of carbonyl (C=O) groups excluding carboxylic acids is 1. The quantitative estimate of drug-likeness (QED) is 0.428. The summed E-state index contributed by atoms with van der Waals surface area (Å²) < 4.78 is 22.1. The summed E-state index contributed by atoms with van der Waals surface area (Å²) in [5.74, 6) is -0.625. The standard InChI is InChI=1S/C25H24N4O5S/c1-5-33-25(30)21-19(13-35-24-15(11-26)10-9-14(2)29-24)34-23(28)17(12-27)20(21)16-7-6-8-18(31-3)22(16)32-4/h6-10,20H,5,13,28H2,1-4H3/t20-/m0/s1. The van der Waals surface area contributed by atoms with Crippen LogP contribution in [0.2, 0.25) is 0 Å². The molecular formula is C25H24N4O5S. The zero-order valence-electron chi connectivity index (χ0n) is 19.7. The number of aryl methyl sites for hydroxylation is 1. The molecule has 0 amide bonds. The summed E-state index contributed by atoms with van der Waals surface area (Å²) in [5.41, 5.74) is 7.93. The summed E-state index contributed by atoms with van der Waals surface area (Å²) >= 11 is 1.22. The zero-order chi connectivity index (χ0) is 25.5. The Morgan fingerprint density at radius 2 is 1.97 bits per heavy atom.